The van der Waals surface area contributed by atoms with E-state index in [0.717, 1.165) is 18.8 Å². The van der Waals surface area contributed by atoms with E-state index in [1.54, 1.807) is 0 Å². The predicted octanol–water partition coefficient (Wildman–Crippen LogP) is 2.04. The highest BCUT2D eigenvalue weighted by atomic mass is 16.5. The Hall–Kier alpha value is -1.13. The van der Waals surface area contributed by atoms with Crippen molar-refractivity contribution in [3.63, 3.8) is 0 Å². The lowest BCUT2D eigenvalue weighted by molar-refractivity contribution is 0.197. The minimum absolute atomic E-state index is 0.290. The molecule has 0 bridgehead atoms. The lowest BCUT2D eigenvalue weighted by Crippen LogP contribution is -2.30. The Labute approximate surface area is 120 Å². The molecule has 3 atom stereocenters. The minimum atomic E-state index is 0.290. The van der Waals surface area contributed by atoms with Crippen LogP contribution in [0.5, 0.6) is 5.75 Å². The number of pyridine rings is 1. The summed E-state index contributed by atoms with van der Waals surface area (Å²) in [5.74, 6) is 2.10. The van der Waals surface area contributed by atoms with Crippen LogP contribution in [0.3, 0.4) is 0 Å². The second kappa shape index (κ2) is 6.10. The van der Waals surface area contributed by atoms with Gasteiger partial charge >= 0.3 is 0 Å². The molecule has 3 unspecified atom stereocenters. The van der Waals surface area contributed by atoms with Crippen LogP contribution in [0.2, 0.25) is 0 Å². The number of rotatable bonds is 6. The van der Waals surface area contributed by atoms with Gasteiger partial charge in [-0.05, 0) is 62.7 Å². The molecule has 4 heteroatoms. The highest BCUT2D eigenvalue weighted by molar-refractivity contribution is 5.30. The van der Waals surface area contributed by atoms with Gasteiger partial charge in [0.15, 0.2) is 0 Å². The van der Waals surface area contributed by atoms with Gasteiger partial charge in [-0.15, -0.1) is 0 Å². The number of nitrogens with zero attached hydrogens (tertiary/aromatic N) is 2. The summed E-state index contributed by atoms with van der Waals surface area (Å²) in [5.41, 5.74) is 1.26. The van der Waals surface area contributed by atoms with Crippen molar-refractivity contribution >= 4 is 0 Å². The van der Waals surface area contributed by atoms with Gasteiger partial charge in [0.2, 0.25) is 0 Å². The number of ether oxygens (including phenoxy) is 1. The number of likely N-dealkylation sites (N-methyl/N-ethyl adjacent to an activating group) is 1. The van der Waals surface area contributed by atoms with E-state index >= 15 is 0 Å². The molecule has 1 aliphatic carbocycles. The van der Waals surface area contributed by atoms with E-state index in [-0.39, 0.29) is 0 Å². The monoisotopic (exact) mass is 276 g/mol. The third-order valence-electron chi connectivity index (χ3n) is 4.70. The average Bonchev–Trinajstić information content (AvgIpc) is 3.11. The first-order valence-corrected chi connectivity index (χ1v) is 7.67. The van der Waals surface area contributed by atoms with E-state index in [0.29, 0.717) is 24.5 Å². The fourth-order valence-electron chi connectivity index (χ4n) is 3.24. The third kappa shape index (κ3) is 3.13. The normalized spacial score (nSPS) is 29.6. The molecule has 1 N–H and O–H groups in total. The molecule has 1 aliphatic heterocycles. The molecule has 20 heavy (non-hydrogen) atoms. The summed E-state index contributed by atoms with van der Waals surface area (Å²) in [5, 5.41) is 8.98. The van der Waals surface area contributed by atoms with Crippen LogP contribution in [-0.4, -0.2) is 47.8 Å². The van der Waals surface area contributed by atoms with Gasteiger partial charge in [-0.3, -0.25) is 4.98 Å². The van der Waals surface area contributed by atoms with Crippen LogP contribution in [0, 0.1) is 5.92 Å². The van der Waals surface area contributed by atoms with Crippen molar-refractivity contribution in [3.05, 3.63) is 24.0 Å². The molecule has 1 saturated carbocycles. The lowest BCUT2D eigenvalue weighted by Gasteiger charge is -2.19. The van der Waals surface area contributed by atoms with Gasteiger partial charge < -0.3 is 14.7 Å². The highest BCUT2D eigenvalue weighted by Crippen LogP contribution is 2.49. The largest absolute Gasteiger partial charge is 0.490 e. The minimum Gasteiger partial charge on any atom is -0.490 e. The zero-order valence-corrected chi connectivity index (χ0v) is 12.2. The van der Waals surface area contributed by atoms with Crippen molar-refractivity contribution in [1.82, 2.24) is 9.88 Å². The van der Waals surface area contributed by atoms with Crippen LogP contribution in [-0.2, 0) is 0 Å². The number of likely N-dealkylation sites (tertiary alicyclic amines) is 1. The van der Waals surface area contributed by atoms with Gasteiger partial charge in [-0.1, -0.05) is 0 Å². The Morgan fingerprint density at radius 1 is 1.45 bits per heavy atom. The summed E-state index contributed by atoms with van der Waals surface area (Å²) in [6.45, 7) is 2.22. The fourth-order valence-corrected chi connectivity index (χ4v) is 3.24. The van der Waals surface area contributed by atoms with E-state index < -0.39 is 0 Å². The van der Waals surface area contributed by atoms with E-state index in [2.05, 4.69) is 23.0 Å². The van der Waals surface area contributed by atoms with Gasteiger partial charge in [0.1, 0.15) is 12.4 Å². The molecule has 1 aromatic heterocycles. The number of aromatic nitrogens is 1. The lowest BCUT2D eigenvalue weighted by atomic mass is 10.1. The molecule has 0 radical (unpaired) electrons. The van der Waals surface area contributed by atoms with Crippen molar-refractivity contribution in [1.29, 1.82) is 0 Å². The SMILES string of the molecule is CN1CCCC1COc1cncc(C2CC2CCO)c1. The molecule has 0 amide bonds. The summed E-state index contributed by atoms with van der Waals surface area (Å²) >= 11 is 0. The molecule has 1 aromatic rings. The van der Waals surface area contributed by atoms with Crippen molar-refractivity contribution < 1.29 is 9.84 Å². The number of aliphatic hydroxyl groups excluding tert-OH is 1. The third-order valence-corrected chi connectivity index (χ3v) is 4.70. The van der Waals surface area contributed by atoms with Crippen molar-refractivity contribution in [2.75, 3.05) is 26.8 Å². The van der Waals surface area contributed by atoms with Crippen LogP contribution >= 0.6 is 0 Å². The molecule has 0 spiro atoms. The quantitative estimate of drug-likeness (QED) is 0.863. The van der Waals surface area contributed by atoms with Gasteiger partial charge in [0, 0.05) is 18.8 Å². The standard InChI is InChI=1S/C16H24N2O2/c1-18-5-2-3-14(18)11-20-15-7-13(9-17-10-15)16-8-12(16)4-6-19/h7,9-10,12,14,16,19H,2-6,8,11H2,1H3. The molecular weight excluding hydrogens is 252 g/mol. The van der Waals surface area contributed by atoms with Gasteiger partial charge in [-0.25, -0.2) is 0 Å². The van der Waals surface area contributed by atoms with Gasteiger partial charge in [0.05, 0.1) is 6.20 Å². The van der Waals surface area contributed by atoms with E-state index in [9.17, 15) is 0 Å². The Morgan fingerprint density at radius 2 is 2.35 bits per heavy atom. The maximum absolute atomic E-state index is 8.98. The molecule has 0 aromatic carbocycles. The van der Waals surface area contributed by atoms with Crippen molar-refractivity contribution in [2.24, 2.45) is 5.92 Å². The van der Waals surface area contributed by atoms with Crippen molar-refractivity contribution in [3.8, 4) is 5.75 Å². The first kappa shape index (κ1) is 13.8. The Morgan fingerprint density at radius 3 is 3.10 bits per heavy atom. The molecule has 4 nitrogen and oxygen atoms in total. The summed E-state index contributed by atoms with van der Waals surface area (Å²) < 4.78 is 5.92. The molecule has 2 heterocycles. The van der Waals surface area contributed by atoms with E-state index in [1.165, 1.54) is 31.4 Å². The first-order valence-electron chi connectivity index (χ1n) is 7.67. The van der Waals surface area contributed by atoms with Crippen LogP contribution in [0.25, 0.3) is 0 Å². The molecule has 1 saturated heterocycles. The molecule has 2 aliphatic rings. The number of aliphatic hydroxyl groups is 1. The van der Waals surface area contributed by atoms with E-state index in [4.69, 9.17) is 9.84 Å². The summed E-state index contributed by atoms with van der Waals surface area (Å²) in [4.78, 5) is 6.67. The summed E-state index contributed by atoms with van der Waals surface area (Å²) in [6, 6.07) is 2.67. The molecule has 3 rings (SSSR count). The average molecular weight is 276 g/mol. The topological polar surface area (TPSA) is 45.6 Å². The summed E-state index contributed by atoms with van der Waals surface area (Å²) in [7, 11) is 2.17. The fraction of sp³-hybridized carbons (Fsp3) is 0.688. The second-order valence-corrected chi connectivity index (χ2v) is 6.16. The number of hydrogen-bond acceptors (Lipinski definition) is 4. The summed E-state index contributed by atoms with van der Waals surface area (Å²) in [6.07, 6.45) is 8.33. The maximum atomic E-state index is 8.98. The van der Waals surface area contributed by atoms with Crippen LogP contribution in [0.4, 0.5) is 0 Å². The zero-order chi connectivity index (χ0) is 13.9. The Balaban J connectivity index is 1.55. The predicted molar refractivity (Wildman–Crippen MR) is 77.9 cm³/mol. The van der Waals surface area contributed by atoms with Crippen LogP contribution in [0.15, 0.2) is 18.5 Å². The maximum Gasteiger partial charge on any atom is 0.137 e. The highest BCUT2D eigenvalue weighted by Gasteiger charge is 2.37. The van der Waals surface area contributed by atoms with Crippen LogP contribution < -0.4 is 4.74 Å². The van der Waals surface area contributed by atoms with Gasteiger partial charge in [-0.2, -0.15) is 0 Å². The van der Waals surface area contributed by atoms with Gasteiger partial charge in [0.25, 0.3) is 0 Å². The Kier molecular flexibility index (Phi) is 4.22. The second-order valence-electron chi connectivity index (χ2n) is 6.16. The first-order chi connectivity index (χ1) is 9.78. The van der Waals surface area contributed by atoms with Crippen molar-refractivity contribution in [2.45, 2.75) is 37.6 Å². The smallest absolute Gasteiger partial charge is 0.137 e. The molecular formula is C16H24N2O2. The molecule has 110 valence electrons. The Bertz CT molecular complexity index is 452. The number of hydrogen-bond donors (Lipinski definition) is 1. The molecule has 2 fully saturated rings. The van der Waals surface area contributed by atoms with E-state index in [1.807, 2.05) is 12.4 Å². The zero-order valence-electron chi connectivity index (χ0n) is 12.2. The van der Waals surface area contributed by atoms with Crippen LogP contribution in [0.1, 0.15) is 37.2 Å².